The Bertz CT molecular complexity index is 993. The molecule has 0 bridgehead atoms. The summed E-state index contributed by atoms with van der Waals surface area (Å²) in [5.74, 6) is 1.49. The fourth-order valence-corrected chi connectivity index (χ4v) is 4.04. The first-order chi connectivity index (χ1) is 14.3. The Morgan fingerprint density at radius 1 is 0.967 bits per heavy atom. The number of nitrogens with one attached hydrogen (secondary N) is 1. The Balaban J connectivity index is 1.57. The normalized spacial score (nSPS) is 11.2. The van der Waals surface area contributed by atoms with Crippen LogP contribution in [0, 0.1) is 6.92 Å². The van der Waals surface area contributed by atoms with Crippen molar-refractivity contribution < 1.29 is 9.53 Å². The first-order valence-corrected chi connectivity index (χ1v) is 11.1. The highest BCUT2D eigenvalue weighted by molar-refractivity contribution is 7.98. The number of thioether (sulfide) groups is 1. The Kier molecular flexibility index (Phi) is 7.22. The molecular formula is C26H29NO2S. The molecular weight excluding hydrogens is 390 g/mol. The number of hydrogen-bond acceptors (Lipinski definition) is 3. The van der Waals surface area contributed by atoms with Crippen LogP contribution in [0.4, 0.5) is 5.69 Å². The predicted octanol–water partition coefficient (Wildman–Crippen LogP) is 6.60. The van der Waals surface area contributed by atoms with Gasteiger partial charge in [-0.3, -0.25) is 4.79 Å². The summed E-state index contributed by atoms with van der Waals surface area (Å²) in [6.45, 7) is 8.41. The molecule has 3 rings (SSSR count). The molecule has 156 valence electrons. The van der Waals surface area contributed by atoms with Crippen LogP contribution < -0.4 is 10.1 Å². The molecule has 3 aromatic carbocycles. The summed E-state index contributed by atoms with van der Waals surface area (Å²) in [7, 11) is 0. The van der Waals surface area contributed by atoms with E-state index in [0.29, 0.717) is 0 Å². The predicted molar refractivity (Wildman–Crippen MR) is 126 cm³/mol. The van der Waals surface area contributed by atoms with E-state index in [1.54, 1.807) is 11.8 Å². The molecule has 0 spiro atoms. The first-order valence-electron chi connectivity index (χ1n) is 10.1. The van der Waals surface area contributed by atoms with Crippen molar-refractivity contribution in [2.45, 2.75) is 43.8 Å². The molecule has 1 N–H and O–H groups in total. The van der Waals surface area contributed by atoms with Gasteiger partial charge in [-0.05, 0) is 53.3 Å². The molecule has 3 aromatic rings. The molecule has 1 amide bonds. The number of hydrogen-bond donors (Lipinski definition) is 1. The second-order valence-corrected chi connectivity index (χ2v) is 9.38. The fraction of sp³-hybridized carbons (Fsp3) is 0.269. The van der Waals surface area contributed by atoms with Crippen molar-refractivity contribution in [1.82, 2.24) is 0 Å². The highest BCUT2D eigenvalue weighted by atomic mass is 32.2. The number of carbonyl (C=O) groups excluding carboxylic acids is 1. The molecule has 0 aliphatic carbocycles. The number of ether oxygens (including phenoxy) is 1. The maximum Gasteiger partial charge on any atom is 0.262 e. The second kappa shape index (κ2) is 9.86. The van der Waals surface area contributed by atoms with Gasteiger partial charge in [0.25, 0.3) is 5.91 Å². The van der Waals surface area contributed by atoms with Crippen molar-refractivity contribution in [3.05, 3.63) is 89.5 Å². The van der Waals surface area contributed by atoms with Gasteiger partial charge in [-0.15, -0.1) is 11.8 Å². The van der Waals surface area contributed by atoms with Crippen LogP contribution in [0.1, 0.15) is 37.5 Å². The van der Waals surface area contributed by atoms with Crippen LogP contribution in [0.25, 0.3) is 0 Å². The summed E-state index contributed by atoms with van der Waals surface area (Å²) >= 11 is 1.80. The van der Waals surface area contributed by atoms with E-state index >= 15 is 0 Å². The minimum atomic E-state index is -0.159. The standard InChI is InChI=1S/C26H29NO2S/c1-19-16-20(18-30-21-10-6-5-7-11-21)14-15-23(19)27-25(28)17-29-24-13-9-8-12-22(24)26(2,3)4/h5-16H,17-18H2,1-4H3,(H,27,28). The van der Waals surface area contributed by atoms with Gasteiger partial charge in [0.05, 0.1) is 0 Å². The van der Waals surface area contributed by atoms with Gasteiger partial charge in [-0.25, -0.2) is 0 Å². The van der Waals surface area contributed by atoms with E-state index in [9.17, 15) is 4.79 Å². The van der Waals surface area contributed by atoms with Crippen molar-refractivity contribution in [3.8, 4) is 5.75 Å². The zero-order valence-electron chi connectivity index (χ0n) is 18.1. The van der Waals surface area contributed by atoms with Crippen molar-refractivity contribution in [2.24, 2.45) is 0 Å². The summed E-state index contributed by atoms with van der Waals surface area (Å²) < 4.78 is 5.83. The lowest BCUT2D eigenvalue weighted by Gasteiger charge is -2.22. The summed E-state index contributed by atoms with van der Waals surface area (Å²) in [4.78, 5) is 13.7. The molecule has 0 saturated heterocycles. The van der Waals surface area contributed by atoms with Crippen LogP contribution in [0.2, 0.25) is 0 Å². The van der Waals surface area contributed by atoms with E-state index < -0.39 is 0 Å². The van der Waals surface area contributed by atoms with Crippen molar-refractivity contribution in [3.63, 3.8) is 0 Å². The second-order valence-electron chi connectivity index (χ2n) is 8.33. The van der Waals surface area contributed by atoms with Gasteiger partial charge >= 0.3 is 0 Å². The number of carbonyl (C=O) groups is 1. The molecule has 4 heteroatoms. The van der Waals surface area contributed by atoms with E-state index in [1.807, 2.05) is 55.5 Å². The third-order valence-electron chi connectivity index (χ3n) is 4.77. The smallest absolute Gasteiger partial charge is 0.262 e. The van der Waals surface area contributed by atoms with Crippen molar-refractivity contribution in [1.29, 1.82) is 0 Å². The maximum atomic E-state index is 12.5. The summed E-state index contributed by atoms with van der Waals surface area (Å²) in [5.41, 5.74) is 4.15. The van der Waals surface area contributed by atoms with E-state index in [-0.39, 0.29) is 17.9 Å². The molecule has 30 heavy (non-hydrogen) atoms. The van der Waals surface area contributed by atoms with E-state index in [1.165, 1.54) is 10.5 Å². The lowest BCUT2D eigenvalue weighted by atomic mass is 9.86. The highest BCUT2D eigenvalue weighted by Gasteiger charge is 2.19. The monoisotopic (exact) mass is 419 g/mol. The quantitative estimate of drug-likeness (QED) is 0.438. The van der Waals surface area contributed by atoms with Gasteiger partial charge in [0, 0.05) is 16.3 Å². The van der Waals surface area contributed by atoms with E-state index in [2.05, 4.69) is 50.4 Å². The van der Waals surface area contributed by atoms with Gasteiger partial charge in [-0.1, -0.05) is 69.3 Å². The zero-order valence-corrected chi connectivity index (χ0v) is 18.9. The lowest BCUT2D eigenvalue weighted by molar-refractivity contribution is -0.118. The van der Waals surface area contributed by atoms with Gasteiger partial charge in [0.2, 0.25) is 0 Å². The lowest BCUT2D eigenvalue weighted by Crippen LogP contribution is -2.22. The molecule has 0 radical (unpaired) electrons. The zero-order chi connectivity index (χ0) is 21.6. The summed E-state index contributed by atoms with van der Waals surface area (Å²) in [6.07, 6.45) is 0. The number of aryl methyl sites for hydroxylation is 1. The Labute approximate surface area is 183 Å². The fourth-order valence-electron chi connectivity index (χ4n) is 3.18. The number of anilines is 1. The molecule has 3 nitrogen and oxygen atoms in total. The third kappa shape index (κ3) is 6.14. The number of para-hydroxylation sites is 1. The molecule has 0 aliphatic rings. The average molecular weight is 420 g/mol. The summed E-state index contributed by atoms with van der Waals surface area (Å²) in [5, 5.41) is 2.97. The maximum absolute atomic E-state index is 12.5. The molecule has 0 unspecified atom stereocenters. The molecule has 0 fully saturated rings. The van der Waals surface area contributed by atoms with Gasteiger partial charge in [0.15, 0.2) is 6.61 Å². The van der Waals surface area contributed by atoms with Crippen molar-refractivity contribution >= 4 is 23.4 Å². The van der Waals surface area contributed by atoms with Crippen LogP contribution in [0.3, 0.4) is 0 Å². The number of rotatable bonds is 7. The van der Waals surface area contributed by atoms with Crippen LogP contribution in [0.15, 0.2) is 77.7 Å². The topological polar surface area (TPSA) is 38.3 Å². The van der Waals surface area contributed by atoms with E-state index in [0.717, 1.165) is 28.3 Å². The number of amides is 1. The average Bonchev–Trinajstić information content (AvgIpc) is 2.73. The van der Waals surface area contributed by atoms with Crippen LogP contribution in [-0.4, -0.2) is 12.5 Å². The van der Waals surface area contributed by atoms with Crippen LogP contribution in [0.5, 0.6) is 5.75 Å². The molecule has 0 atom stereocenters. The summed E-state index contributed by atoms with van der Waals surface area (Å²) in [6, 6.07) is 24.4. The van der Waals surface area contributed by atoms with E-state index in [4.69, 9.17) is 4.74 Å². The molecule has 0 aliphatic heterocycles. The van der Waals surface area contributed by atoms with Crippen LogP contribution in [-0.2, 0) is 16.0 Å². The minimum Gasteiger partial charge on any atom is -0.483 e. The number of benzene rings is 3. The Hall–Kier alpha value is -2.72. The third-order valence-corrected chi connectivity index (χ3v) is 5.85. The molecule has 0 heterocycles. The minimum absolute atomic E-state index is 0.0157. The van der Waals surface area contributed by atoms with Gasteiger partial charge in [0.1, 0.15) is 5.75 Å². The first kappa shape index (κ1) is 22.0. The van der Waals surface area contributed by atoms with Crippen molar-refractivity contribution in [2.75, 3.05) is 11.9 Å². The highest BCUT2D eigenvalue weighted by Crippen LogP contribution is 2.31. The molecule has 0 aromatic heterocycles. The Morgan fingerprint density at radius 2 is 1.67 bits per heavy atom. The molecule has 0 saturated carbocycles. The Morgan fingerprint density at radius 3 is 2.37 bits per heavy atom. The van der Waals surface area contributed by atoms with Gasteiger partial charge < -0.3 is 10.1 Å². The van der Waals surface area contributed by atoms with Gasteiger partial charge in [-0.2, -0.15) is 0 Å². The SMILES string of the molecule is Cc1cc(CSc2ccccc2)ccc1NC(=O)COc1ccccc1C(C)(C)C. The largest absolute Gasteiger partial charge is 0.483 e. The van der Waals surface area contributed by atoms with Crippen LogP contribution >= 0.6 is 11.8 Å².